The minimum absolute atomic E-state index is 0.130. The molecule has 3 rings (SSSR count). The second-order valence-corrected chi connectivity index (χ2v) is 7.90. The Bertz CT molecular complexity index is 897. The summed E-state index contributed by atoms with van der Waals surface area (Å²) in [6, 6.07) is 15.6. The Morgan fingerprint density at radius 2 is 1.87 bits per heavy atom. The molecule has 0 spiro atoms. The van der Waals surface area contributed by atoms with Gasteiger partial charge in [0.25, 0.3) is 5.91 Å². The van der Waals surface area contributed by atoms with Crippen LogP contribution in [0.15, 0.2) is 53.5 Å². The topological polar surface area (TPSA) is 83.2 Å². The van der Waals surface area contributed by atoms with E-state index in [2.05, 4.69) is 28.1 Å². The molecule has 0 radical (unpaired) electrons. The Morgan fingerprint density at radius 1 is 1.13 bits per heavy atom. The molecule has 1 heterocycles. The molecule has 166 valence electrons. The standard InChI is InChI=1S/C23H30ClN5O2/c1-2-26-23(27-15-18-5-4-8-21(14-18)31-17-22(25)30)29-11-9-28(10-12-29)16-19-6-3-7-20(24)13-19/h3-8,13-14H,2,9-12,15-17H2,1H3,(H2,25,30)(H,26,27). The van der Waals surface area contributed by atoms with Crippen molar-refractivity contribution in [3.05, 3.63) is 64.7 Å². The van der Waals surface area contributed by atoms with Gasteiger partial charge in [-0.3, -0.25) is 9.69 Å². The lowest BCUT2D eigenvalue weighted by Crippen LogP contribution is -2.52. The number of guanidine groups is 1. The van der Waals surface area contributed by atoms with Gasteiger partial charge in [-0.2, -0.15) is 0 Å². The van der Waals surface area contributed by atoms with Crippen molar-refractivity contribution in [1.82, 2.24) is 15.1 Å². The highest BCUT2D eigenvalue weighted by Crippen LogP contribution is 2.16. The molecule has 0 aromatic heterocycles. The van der Waals surface area contributed by atoms with Crippen LogP contribution in [-0.4, -0.2) is 61.0 Å². The van der Waals surface area contributed by atoms with Crippen molar-refractivity contribution in [2.24, 2.45) is 10.7 Å². The van der Waals surface area contributed by atoms with E-state index in [0.717, 1.165) is 55.8 Å². The monoisotopic (exact) mass is 443 g/mol. The van der Waals surface area contributed by atoms with E-state index in [4.69, 9.17) is 27.1 Å². The fraction of sp³-hybridized carbons (Fsp3) is 0.391. The number of aliphatic imine (C=N–C) groups is 1. The average Bonchev–Trinajstić information content (AvgIpc) is 2.76. The molecule has 1 aliphatic rings. The molecule has 2 aromatic rings. The zero-order valence-electron chi connectivity index (χ0n) is 17.9. The first kappa shape index (κ1) is 22.9. The number of rotatable bonds is 8. The number of benzene rings is 2. The lowest BCUT2D eigenvalue weighted by atomic mass is 10.2. The van der Waals surface area contributed by atoms with Gasteiger partial charge in [0.15, 0.2) is 12.6 Å². The Labute approximate surface area is 188 Å². The molecule has 0 bridgehead atoms. The summed E-state index contributed by atoms with van der Waals surface area (Å²) in [5, 5.41) is 4.18. The molecular formula is C23H30ClN5O2. The number of hydrogen-bond donors (Lipinski definition) is 2. The molecule has 2 aromatic carbocycles. The van der Waals surface area contributed by atoms with Crippen molar-refractivity contribution < 1.29 is 9.53 Å². The summed E-state index contributed by atoms with van der Waals surface area (Å²) in [7, 11) is 0. The van der Waals surface area contributed by atoms with Gasteiger partial charge >= 0.3 is 0 Å². The number of primary amides is 1. The molecule has 0 atom stereocenters. The third-order valence-electron chi connectivity index (χ3n) is 4.99. The predicted octanol–water partition coefficient (Wildman–Crippen LogP) is 2.49. The number of piperazine rings is 1. The third kappa shape index (κ3) is 7.45. The van der Waals surface area contributed by atoms with E-state index < -0.39 is 5.91 Å². The molecular weight excluding hydrogens is 414 g/mol. The van der Waals surface area contributed by atoms with Crippen LogP contribution in [0.25, 0.3) is 0 Å². The van der Waals surface area contributed by atoms with Gasteiger partial charge in [-0.25, -0.2) is 4.99 Å². The van der Waals surface area contributed by atoms with E-state index in [-0.39, 0.29) is 6.61 Å². The molecule has 0 saturated carbocycles. The maximum Gasteiger partial charge on any atom is 0.255 e. The van der Waals surface area contributed by atoms with E-state index in [0.29, 0.717) is 12.3 Å². The van der Waals surface area contributed by atoms with Gasteiger partial charge in [-0.1, -0.05) is 35.9 Å². The second kappa shape index (κ2) is 11.6. The van der Waals surface area contributed by atoms with Crippen LogP contribution < -0.4 is 15.8 Å². The van der Waals surface area contributed by atoms with Crippen LogP contribution in [0.4, 0.5) is 0 Å². The van der Waals surface area contributed by atoms with Gasteiger partial charge < -0.3 is 20.7 Å². The number of carbonyl (C=O) groups excluding carboxylic acids is 1. The summed E-state index contributed by atoms with van der Waals surface area (Å²) >= 11 is 6.11. The second-order valence-electron chi connectivity index (χ2n) is 7.47. The van der Waals surface area contributed by atoms with Crippen LogP contribution in [0.5, 0.6) is 5.75 Å². The average molecular weight is 444 g/mol. The first-order valence-corrected chi connectivity index (χ1v) is 10.9. The number of halogens is 1. The first-order valence-electron chi connectivity index (χ1n) is 10.5. The first-order chi connectivity index (χ1) is 15.0. The molecule has 1 aliphatic heterocycles. The van der Waals surface area contributed by atoms with E-state index in [9.17, 15) is 4.79 Å². The molecule has 31 heavy (non-hydrogen) atoms. The largest absolute Gasteiger partial charge is 0.484 e. The van der Waals surface area contributed by atoms with Gasteiger partial charge in [0.1, 0.15) is 5.75 Å². The fourth-order valence-electron chi connectivity index (χ4n) is 3.49. The van der Waals surface area contributed by atoms with E-state index in [1.807, 2.05) is 36.4 Å². The van der Waals surface area contributed by atoms with Crippen molar-refractivity contribution in [1.29, 1.82) is 0 Å². The maximum absolute atomic E-state index is 10.9. The number of hydrogen-bond acceptors (Lipinski definition) is 4. The highest BCUT2D eigenvalue weighted by molar-refractivity contribution is 6.30. The Morgan fingerprint density at radius 3 is 2.58 bits per heavy atom. The molecule has 7 nitrogen and oxygen atoms in total. The smallest absolute Gasteiger partial charge is 0.255 e. The van der Waals surface area contributed by atoms with Gasteiger partial charge in [0.05, 0.1) is 6.54 Å². The van der Waals surface area contributed by atoms with Gasteiger partial charge in [-0.05, 0) is 42.3 Å². The highest BCUT2D eigenvalue weighted by Gasteiger charge is 2.19. The van der Waals surface area contributed by atoms with Gasteiger partial charge in [-0.15, -0.1) is 0 Å². The van der Waals surface area contributed by atoms with Crippen molar-refractivity contribution in [3.63, 3.8) is 0 Å². The normalized spacial score (nSPS) is 15.0. The molecule has 1 fully saturated rings. The fourth-order valence-corrected chi connectivity index (χ4v) is 3.70. The number of ether oxygens (including phenoxy) is 1. The molecule has 1 amide bonds. The number of nitrogens with zero attached hydrogens (tertiary/aromatic N) is 3. The summed E-state index contributed by atoms with van der Waals surface area (Å²) in [5.41, 5.74) is 7.39. The quantitative estimate of drug-likeness (QED) is 0.483. The van der Waals surface area contributed by atoms with Crippen LogP contribution in [-0.2, 0) is 17.9 Å². The summed E-state index contributed by atoms with van der Waals surface area (Å²) in [6.07, 6.45) is 0. The van der Waals surface area contributed by atoms with Crippen LogP contribution >= 0.6 is 11.6 Å². The summed E-state index contributed by atoms with van der Waals surface area (Å²) in [6.45, 7) is 7.93. The zero-order chi connectivity index (χ0) is 22.1. The lowest BCUT2D eigenvalue weighted by Gasteiger charge is -2.36. The predicted molar refractivity (Wildman–Crippen MR) is 124 cm³/mol. The van der Waals surface area contributed by atoms with Crippen molar-refractivity contribution in [2.75, 3.05) is 39.3 Å². The number of nitrogens with two attached hydrogens (primary N) is 1. The van der Waals surface area contributed by atoms with Crippen LogP contribution in [0.1, 0.15) is 18.1 Å². The van der Waals surface area contributed by atoms with Crippen molar-refractivity contribution >= 4 is 23.5 Å². The van der Waals surface area contributed by atoms with E-state index >= 15 is 0 Å². The van der Waals surface area contributed by atoms with Crippen molar-refractivity contribution in [3.8, 4) is 5.75 Å². The molecule has 1 saturated heterocycles. The highest BCUT2D eigenvalue weighted by atomic mass is 35.5. The number of carbonyl (C=O) groups is 1. The molecule has 3 N–H and O–H groups in total. The van der Waals surface area contributed by atoms with Crippen molar-refractivity contribution in [2.45, 2.75) is 20.0 Å². The van der Waals surface area contributed by atoms with Crippen LogP contribution in [0.2, 0.25) is 5.02 Å². The number of nitrogens with one attached hydrogen (secondary N) is 1. The summed E-state index contributed by atoms with van der Waals surface area (Å²) < 4.78 is 5.38. The number of amides is 1. The summed E-state index contributed by atoms with van der Waals surface area (Å²) in [5.74, 6) is 1.03. The van der Waals surface area contributed by atoms with Crippen LogP contribution in [0, 0.1) is 0 Å². The van der Waals surface area contributed by atoms with Gasteiger partial charge in [0.2, 0.25) is 0 Å². The minimum atomic E-state index is -0.493. The maximum atomic E-state index is 10.9. The van der Waals surface area contributed by atoms with E-state index in [1.54, 1.807) is 6.07 Å². The molecule has 8 heteroatoms. The SMILES string of the molecule is CCNC(=NCc1cccc(OCC(N)=O)c1)N1CCN(Cc2cccc(Cl)c2)CC1. The summed E-state index contributed by atoms with van der Waals surface area (Å²) in [4.78, 5) is 20.5. The minimum Gasteiger partial charge on any atom is -0.484 e. The Kier molecular flexibility index (Phi) is 8.55. The zero-order valence-corrected chi connectivity index (χ0v) is 18.6. The molecule has 0 unspecified atom stereocenters. The lowest BCUT2D eigenvalue weighted by molar-refractivity contribution is -0.119. The van der Waals surface area contributed by atoms with Gasteiger partial charge in [0, 0.05) is 44.3 Å². The molecule has 0 aliphatic carbocycles. The van der Waals surface area contributed by atoms with Crippen LogP contribution in [0.3, 0.4) is 0 Å². The Hall–Kier alpha value is -2.77. The third-order valence-corrected chi connectivity index (χ3v) is 5.23. The Balaban J connectivity index is 1.56. The van der Waals surface area contributed by atoms with E-state index in [1.165, 1.54) is 5.56 Å².